The number of carbonyl (C=O) groups is 11. The number of aromatic carboxylic acids is 1. The van der Waals surface area contributed by atoms with Gasteiger partial charge in [0.15, 0.2) is 168 Å². The maximum Gasteiger partial charge on any atom is 0.342 e. The van der Waals surface area contributed by atoms with E-state index in [-0.39, 0.29) is 42.5 Å². The molecular formula is C89H60O57. The number of rotatable bonds is 14. The summed E-state index contributed by atoms with van der Waals surface area (Å²) in [5.41, 5.74) is -23.6. The van der Waals surface area contributed by atoms with Crippen LogP contribution in [0.1, 0.15) is 114 Å². The topological polar surface area (TPSA) is 964 Å². The number of phenols is 31. The van der Waals surface area contributed by atoms with Gasteiger partial charge in [0.2, 0.25) is 82.3 Å². The normalized spacial score (nSPS) is 18.8. The fourth-order valence-corrected chi connectivity index (χ4v) is 15.6. The number of carbonyl (C=O) groups excluding carboxylic acids is 10. The summed E-state index contributed by atoms with van der Waals surface area (Å²) in [5.74, 6) is -78.9. The summed E-state index contributed by atoms with van der Waals surface area (Å²) in [6.45, 7) is -3.33. The molecular weight excluding hydrogens is 1980 g/mol. The Morgan fingerprint density at radius 1 is 0.267 bits per heavy atom. The monoisotopic (exact) mass is 2040 g/mol. The second kappa shape index (κ2) is 36.0. The molecule has 11 aromatic rings. The van der Waals surface area contributed by atoms with Crippen LogP contribution in [-0.4, -0.2) is 304 Å². The molecule has 0 aliphatic carbocycles. The van der Waals surface area contributed by atoms with E-state index in [9.17, 15) is 187 Å². The predicted molar refractivity (Wildman–Crippen MR) is 450 cm³/mol. The lowest BCUT2D eigenvalue weighted by atomic mass is 9.90. The molecule has 11 aromatic carbocycles. The van der Waals surface area contributed by atoms with E-state index < -0.39 is 436 Å². The van der Waals surface area contributed by atoms with Crippen LogP contribution in [0.2, 0.25) is 0 Å². The van der Waals surface area contributed by atoms with Crippen molar-refractivity contribution in [3.63, 3.8) is 0 Å². The van der Waals surface area contributed by atoms with E-state index >= 15 is 28.8 Å². The minimum absolute atomic E-state index is 0.00277. The van der Waals surface area contributed by atoms with Crippen LogP contribution < -0.4 is 9.47 Å². The third-order valence-electron chi connectivity index (χ3n) is 22.6. The summed E-state index contributed by atoms with van der Waals surface area (Å²) in [6.07, 6.45) is -29.8. The van der Waals surface area contributed by atoms with Gasteiger partial charge in [0.1, 0.15) is 36.5 Å². The molecule has 0 radical (unpaired) electrons. The first kappa shape index (κ1) is 98.0. The molecule has 0 aromatic heterocycles. The smallest absolute Gasteiger partial charge is 0.342 e. The number of hydrogen-bond acceptors (Lipinski definition) is 56. The zero-order chi connectivity index (χ0) is 106. The predicted octanol–water partition coefficient (Wildman–Crippen LogP) is 4.62. The van der Waals surface area contributed by atoms with Crippen LogP contribution in [-0.2, 0) is 56.8 Å². The van der Waals surface area contributed by atoms with Crippen LogP contribution in [0.4, 0.5) is 0 Å². The number of phenolic OH excluding ortho intramolecular Hbond substituents is 31. The highest BCUT2D eigenvalue weighted by Gasteiger charge is 2.59. The summed E-state index contributed by atoms with van der Waals surface area (Å²) >= 11 is 0. The molecule has 758 valence electrons. The van der Waals surface area contributed by atoms with Gasteiger partial charge in [0, 0.05) is 57.6 Å². The van der Waals surface area contributed by atoms with Gasteiger partial charge in [-0.25, -0.2) is 52.7 Å². The van der Waals surface area contributed by atoms with Gasteiger partial charge in [-0.3, -0.25) is 0 Å². The van der Waals surface area contributed by atoms with E-state index in [1.165, 1.54) is 0 Å². The standard InChI is InChI=1S/C89H60O57/c90-28-1-17(2-29(91)50(28)102)78(123)133-15-42-72(74-76(88(137-42)145-79(124)18-3-30(92)51(103)31(93)4-18)144-84(129)22-9-36(98)55(107)63(115)46(22)48-24(85(130)142-74)13-40(59(111)65(48)117)135-69-26(77(121)122)11-38(100)57(109)67(69)119)140-87(132)27-12-39(101)58(110)68(120)70(27)136-41-14-25-49(66(118)60(41)112)47-23(10-37(99)56(108)64(47)116)83(128)143-75-73(141-86(25)131)71-43(138-89(75)146-80(125)19-5-32(94)52(104)33(95)6-19)16-134-81(126)20-7-34(96)53(105)61(113)44(20)45-21(82(127)139-71)8-35(97)54(106)62(45)114/h1-14,42-43,71-76,88-120H,15-16H2,(H,121,122). The number of fused-ring (bicyclic) bond motifs is 13. The second-order valence-corrected chi connectivity index (χ2v) is 31.4. The molecule has 146 heavy (non-hydrogen) atoms. The SMILES string of the molecule is O=C(OCC1OC(OC(=O)c2cc(O)c(O)c(O)c2)C2OC(=O)c3cc(O)c(O)c(O)c3-c3c(cc(Oc4c(C(=O)O)cc(O)c(O)c4O)c(O)c3O)C(=O)OC2C1OC(=O)c1cc(O)c(O)c(O)c1Oc1cc2c(c(O)c1O)-c1c(cc(O)c(O)c1O)C(=O)OC1C(OC(=O)c3cc(O)c(O)c(O)c3)OC3COC(=O)c4cc(O)c(O)c(O)c4-c4c(cc(O)c(O)c4O)C(=O)OC3C1OC2=O)c1cc(O)c(O)c(O)c1. The number of esters is 10. The highest BCUT2D eigenvalue weighted by atomic mass is 16.8. The molecule has 2 fully saturated rings. The Balaban J connectivity index is 0.873. The molecule has 5 aliphatic heterocycles. The van der Waals surface area contributed by atoms with Gasteiger partial charge in [0.05, 0.1) is 50.1 Å². The maximum absolute atomic E-state index is 16.1. The van der Waals surface area contributed by atoms with Crippen LogP contribution in [0, 0.1) is 0 Å². The number of ether oxygens (including phenoxy) is 14. The van der Waals surface area contributed by atoms with Gasteiger partial charge in [-0.1, -0.05) is 0 Å². The number of hydrogen-bond donors (Lipinski definition) is 32. The molecule has 32 N–H and O–H groups in total. The number of cyclic esters (lactones) is 1. The highest BCUT2D eigenvalue weighted by Crippen LogP contribution is 2.61. The molecule has 5 aliphatic rings. The minimum atomic E-state index is -3.21. The van der Waals surface area contributed by atoms with E-state index in [4.69, 9.17) is 66.3 Å². The zero-order valence-electron chi connectivity index (χ0n) is 71.3. The molecule has 0 spiro atoms. The number of aromatic hydroxyl groups is 31. The lowest BCUT2D eigenvalue weighted by molar-refractivity contribution is -0.283. The first-order valence-electron chi connectivity index (χ1n) is 40.2. The third kappa shape index (κ3) is 16.5. The molecule has 10 atom stereocenters. The van der Waals surface area contributed by atoms with Crippen molar-refractivity contribution in [1.82, 2.24) is 0 Å². The van der Waals surface area contributed by atoms with Gasteiger partial charge < -0.3 is 230 Å². The van der Waals surface area contributed by atoms with Crippen molar-refractivity contribution in [3.8, 4) is 235 Å². The molecule has 0 amide bonds. The molecule has 57 nitrogen and oxygen atoms in total. The van der Waals surface area contributed by atoms with Crippen LogP contribution in [0.15, 0.2) is 84.9 Å². The van der Waals surface area contributed by atoms with Crippen LogP contribution in [0.3, 0.4) is 0 Å². The average molecular weight is 2040 g/mol. The van der Waals surface area contributed by atoms with E-state index in [2.05, 4.69) is 0 Å². The molecule has 10 unspecified atom stereocenters. The molecule has 16 rings (SSSR count). The van der Waals surface area contributed by atoms with Crippen LogP contribution >= 0.6 is 0 Å². The number of carboxylic acid groups (broad SMARTS) is 1. The van der Waals surface area contributed by atoms with E-state index in [1.807, 2.05) is 0 Å². The Bertz CT molecular complexity index is 7550. The van der Waals surface area contributed by atoms with Crippen molar-refractivity contribution in [2.75, 3.05) is 13.2 Å². The molecule has 0 bridgehead atoms. The summed E-state index contributed by atoms with van der Waals surface area (Å²) in [6, 6.07) is 3.61. The van der Waals surface area contributed by atoms with Crippen molar-refractivity contribution in [2.45, 2.75) is 61.4 Å². The van der Waals surface area contributed by atoms with E-state index in [0.29, 0.717) is 42.5 Å². The van der Waals surface area contributed by atoms with Gasteiger partial charge in [-0.15, -0.1) is 0 Å². The summed E-state index contributed by atoms with van der Waals surface area (Å²) < 4.78 is 80.4. The first-order chi connectivity index (χ1) is 68.7. The van der Waals surface area contributed by atoms with Gasteiger partial charge in [0.25, 0.3) is 0 Å². The Labute approximate surface area is 800 Å². The molecule has 57 heteroatoms. The van der Waals surface area contributed by atoms with Crippen molar-refractivity contribution < 1.29 is 282 Å². The van der Waals surface area contributed by atoms with Crippen molar-refractivity contribution in [1.29, 1.82) is 0 Å². The largest absolute Gasteiger partial charge is 0.504 e. The van der Waals surface area contributed by atoms with E-state index in [1.54, 1.807) is 0 Å². The lowest BCUT2D eigenvalue weighted by Gasteiger charge is -2.44. The summed E-state index contributed by atoms with van der Waals surface area (Å²) in [5, 5.41) is 355. The minimum Gasteiger partial charge on any atom is -0.504 e. The van der Waals surface area contributed by atoms with Crippen LogP contribution in [0.25, 0.3) is 33.4 Å². The average Bonchev–Trinajstić information content (AvgIpc) is 0.801. The quantitative estimate of drug-likeness (QED) is 0.0401. The highest BCUT2D eigenvalue weighted by molar-refractivity contribution is 6.13. The second-order valence-electron chi connectivity index (χ2n) is 31.4. The summed E-state index contributed by atoms with van der Waals surface area (Å²) in [4.78, 5) is 164. The Hall–Kier alpha value is -21.1. The fourth-order valence-electron chi connectivity index (χ4n) is 15.6. The number of benzene rings is 11. The van der Waals surface area contributed by atoms with E-state index in [0.717, 1.165) is 0 Å². The molecule has 0 saturated carbocycles. The molecule has 2 saturated heterocycles. The Morgan fingerprint density at radius 3 is 0.918 bits per heavy atom. The fraction of sp³-hybridized carbons (Fsp3) is 0.135. The van der Waals surface area contributed by atoms with Crippen molar-refractivity contribution in [3.05, 3.63) is 146 Å². The van der Waals surface area contributed by atoms with Gasteiger partial charge in [-0.2, -0.15) is 0 Å². The van der Waals surface area contributed by atoms with Crippen LogP contribution in [0.5, 0.6) is 201 Å². The third-order valence-corrected chi connectivity index (χ3v) is 22.6. The zero-order valence-corrected chi connectivity index (χ0v) is 71.3. The lowest BCUT2D eigenvalue weighted by Crippen LogP contribution is -2.63. The number of carboxylic acids is 1. The maximum atomic E-state index is 16.1. The van der Waals surface area contributed by atoms with Gasteiger partial charge in [-0.05, 0) is 60.7 Å². The summed E-state index contributed by atoms with van der Waals surface area (Å²) in [7, 11) is 0. The van der Waals surface area contributed by atoms with Crippen molar-refractivity contribution in [2.24, 2.45) is 0 Å². The van der Waals surface area contributed by atoms with Gasteiger partial charge >= 0.3 is 65.7 Å². The van der Waals surface area contributed by atoms with Crippen molar-refractivity contribution >= 4 is 65.7 Å². The molecule has 5 heterocycles. The Kier molecular flexibility index (Phi) is 24.2. The Morgan fingerprint density at radius 2 is 0.548 bits per heavy atom. The first-order valence-corrected chi connectivity index (χ1v) is 40.2.